The van der Waals surface area contributed by atoms with Crippen LogP contribution in [0.1, 0.15) is 199 Å². The summed E-state index contributed by atoms with van der Waals surface area (Å²) in [6, 6.07) is 0. The van der Waals surface area contributed by atoms with Gasteiger partial charge in [0.25, 0.3) is 0 Å². The van der Waals surface area contributed by atoms with Crippen molar-refractivity contribution in [3.05, 3.63) is 48.1 Å². The van der Waals surface area contributed by atoms with Crippen LogP contribution < -0.4 is 0 Å². The Kier molecular flexibility index (Phi) is 40.6. The zero-order chi connectivity index (χ0) is 38.0. The number of allylic oxidation sites excluding steroid dienone is 7. The average Bonchev–Trinajstić information content (AvgIpc) is 3.12. The maximum Gasteiger partial charge on any atom is 0.00853 e. The number of thiol groups is 1. The van der Waals surface area contributed by atoms with Gasteiger partial charge in [0.05, 0.1) is 0 Å². The predicted octanol–water partition coefficient (Wildman–Crippen LogP) is 16.9. The van der Waals surface area contributed by atoms with Gasteiger partial charge in [-0.15, -0.1) is 9.24 Å². The van der Waals surface area contributed by atoms with Crippen LogP contribution in [0.4, 0.5) is 0 Å². The first-order valence-electron chi connectivity index (χ1n) is 21.7. The molecule has 0 aliphatic heterocycles. The number of hydrogen-bond donors (Lipinski definition) is 1. The van der Waals surface area contributed by atoms with Crippen LogP contribution in [0.2, 0.25) is 0 Å². The molecule has 1 fully saturated rings. The summed E-state index contributed by atoms with van der Waals surface area (Å²) in [6.07, 6.45) is 36.2. The lowest BCUT2D eigenvalue weighted by atomic mass is 9.62. The molecule has 0 aromatic rings. The number of hydrogen-bond acceptors (Lipinski definition) is 1. The van der Waals surface area contributed by atoms with E-state index in [1.807, 2.05) is 34.4 Å². The van der Waals surface area contributed by atoms with Crippen molar-refractivity contribution in [1.29, 1.82) is 0 Å². The largest absolute Gasteiger partial charge is 0.175 e. The highest BCUT2D eigenvalue weighted by atomic mass is 32.1. The standard InChI is InChI=1S/C32H52S.C7H16.C3H8.2C2H6.CH5P/c1-5-7-20-29(30-23-24(3)22-28-19-14-18-26(6-2)32(28)30)31(33)21-11-9-8-10-16-27-17-13-12-15-25(27)4;1-4-5-6-7(2)3;1-3-2;3*1-2/h6-7,12,15,20,24-25,27-31,33H,2,5,8-11,13-14,16-19,21-23H2,1,3-4H3;7H,4-6H2,1-3H3;3H2,1-2H3;2*1-2H3;2H2,1H3/b20-7-;;;;;. The van der Waals surface area contributed by atoms with Crippen molar-refractivity contribution in [2.75, 3.05) is 6.66 Å². The molecule has 8 atom stereocenters. The van der Waals surface area contributed by atoms with Crippen LogP contribution in [0.15, 0.2) is 48.1 Å². The maximum absolute atomic E-state index is 5.27. The Morgan fingerprint density at radius 3 is 2.06 bits per heavy atom. The second-order valence-corrected chi connectivity index (χ2v) is 15.5. The van der Waals surface area contributed by atoms with Gasteiger partial charge < -0.3 is 0 Å². The summed E-state index contributed by atoms with van der Waals surface area (Å²) in [4.78, 5) is 0. The van der Waals surface area contributed by atoms with E-state index in [1.54, 1.807) is 11.1 Å². The molecule has 3 aliphatic carbocycles. The van der Waals surface area contributed by atoms with Gasteiger partial charge in [0, 0.05) is 5.25 Å². The van der Waals surface area contributed by atoms with Crippen LogP contribution in [-0.4, -0.2) is 11.9 Å². The molecule has 0 aromatic carbocycles. The van der Waals surface area contributed by atoms with Gasteiger partial charge in [-0.2, -0.15) is 12.6 Å². The first-order chi connectivity index (χ1) is 23.7. The highest BCUT2D eigenvalue weighted by molar-refractivity contribution is 7.81. The molecule has 0 radical (unpaired) electrons. The fraction of sp³-hybridized carbons (Fsp3) is 0.830. The van der Waals surface area contributed by atoms with E-state index in [-0.39, 0.29) is 0 Å². The Bertz CT molecular complexity index is 792. The Morgan fingerprint density at radius 2 is 1.53 bits per heavy atom. The molecule has 49 heavy (non-hydrogen) atoms. The fourth-order valence-electron chi connectivity index (χ4n) is 7.80. The second kappa shape index (κ2) is 37.5. The molecular weight excluding hydrogens is 628 g/mol. The SMILES string of the molecule is C=CC1=C2C(CCC1)CC(C)CC2C(/C=C\CC)C(S)CCCCCCC1CCC=CC1C.CC.CC.CCC.CCCCC(C)C.CP. The van der Waals surface area contributed by atoms with Gasteiger partial charge in [-0.3, -0.25) is 0 Å². The summed E-state index contributed by atoms with van der Waals surface area (Å²) in [5.74, 6) is 5.52. The summed E-state index contributed by atoms with van der Waals surface area (Å²) in [5, 5.41) is 0.479. The molecule has 3 rings (SSSR count). The van der Waals surface area contributed by atoms with E-state index in [0.717, 1.165) is 36.0 Å². The fourth-order valence-corrected chi connectivity index (χ4v) is 8.29. The molecule has 2 heteroatoms. The van der Waals surface area contributed by atoms with Gasteiger partial charge in [-0.1, -0.05) is 184 Å². The molecule has 1 saturated carbocycles. The molecule has 0 saturated heterocycles. The van der Waals surface area contributed by atoms with E-state index in [2.05, 4.69) is 102 Å². The smallest absolute Gasteiger partial charge is 0.00853 e. The molecule has 292 valence electrons. The topological polar surface area (TPSA) is 0 Å². The molecule has 0 bridgehead atoms. The first kappa shape index (κ1) is 53.1. The van der Waals surface area contributed by atoms with Gasteiger partial charge >= 0.3 is 0 Å². The summed E-state index contributed by atoms with van der Waals surface area (Å²) >= 11 is 5.27. The lowest BCUT2D eigenvalue weighted by Crippen LogP contribution is -2.35. The molecule has 0 aromatic heterocycles. The predicted molar refractivity (Wildman–Crippen MR) is 240 cm³/mol. The normalized spacial score (nSPS) is 23.8. The van der Waals surface area contributed by atoms with Crippen molar-refractivity contribution in [1.82, 2.24) is 0 Å². The van der Waals surface area contributed by atoms with Crippen LogP contribution in [0.5, 0.6) is 0 Å². The quantitative estimate of drug-likeness (QED) is 0.0740. The summed E-state index contributed by atoms with van der Waals surface area (Å²) < 4.78 is 0. The molecule has 0 nitrogen and oxygen atoms in total. The highest BCUT2D eigenvalue weighted by Crippen LogP contribution is 2.50. The van der Waals surface area contributed by atoms with Crippen molar-refractivity contribution in [3.63, 3.8) is 0 Å². The van der Waals surface area contributed by atoms with E-state index >= 15 is 0 Å². The van der Waals surface area contributed by atoms with Crippen LogP contribution in [0.25, 0.3) is 0 Å². The third-order valence-electron chi connectivity index (χ3n) is 10.1. The zero-order valence-electron chi connectivity index (χ0n) is 36.0. The molecule has 0 N–H and O–H groups in total. The zero-order valence-corrected chi connectivity index (χ0v) is 38.0. The molecule has 0 amide bonds. The summed E-state index contributed by atoms with van der Waals surface area (Å²) in [5.41, 5.74) is 3.38. The molecule has 0 heterocycles. The minimum absolute atomic E-state index is 0.479. The number of rotatable bonds is 15. The van der Waals surface area contributed by atoms with Gasteiger partial charge in [0.1, 0.15) is 0 Å². The number of fused-ring (bicyclic) bond motifs is 1. The second-order valence-electron chi connectivity index (χ2n) is 14.8. The van der Waals surface area contributed by atoms with E-state index in [1.165, 1.54) is 109 Å². The summed E-state index contributed by atoms with van der Waals surface area (Å²) in [6.45, 7) is 32.3. The third kappa shape index (κ3) is 24.6. The van der Waals surface area contributed by atoms with Crippen LogP contribution >= 0.6 is 21.9 Å². The minimum atomic E-state index is 0.479. The third-order valence-corrected chi connectivity index (χ3v) is 10.8. The van der Waals surface area contributed by atoms with E-state index in [9.17, 15) is 0 Å². The van der Waals surface area contributed by atoms with E-state index in [0.29, 0.717) is 17.1 Å². The van der Waals surface area contributed by atoms with E-state index in [4.69, 9.17) is 12.6 Å². The molecule has 0 spiro atoms. The molecular formula is C47H93PS. The van der Waals surface area contributed by atoms with Crippen molar-refractivity contribution in [2.24, 2.45) is 41.4 Å². The average molecular weight is 721 g/mol. The van der Waals surface area contributed by atoms with Gasteiger partial charge in [-0.25, -0.2) is 0 Å². The van der Waals surface area contributed by atoms with Crippen molar-refractivity contribution < 1.29 is 0 Å². The van der Waals surface area contributed by atoms with Crippen LogP contribution in [-0.2, 0) is 0 Å². The lowest BCUT2D eigenvalue weighted by molar-refractivity contribution is 0.222. The van der Waals surface area contributed by atoms with E-state index < -0.39 is 0 Å². The van der Waals surface area contributed by atoms with Crippen molar-refractivity contribution in [3.8, 4) is 0 Å². The Balaban J connectivity index is -0.00000112. The Labute approximate surface area is 320 Å². The van der Waals surface area contributed by atoms with Gasteiger partial charge in [0.15, 0.2) is 0 Å². The maximum atomic E-state index is 5.27. The van der Waals surface area contributed by atoms with Gasteiger partial charge in [0.2, 0.25) is 0 Å². The van der Waals surface area contributed by atoms with Gasteiger partial charge in [-0.05, 0) is 111 Å². The molecule has 8 unspecified atom stereocenters. The number of unbranched alkanes of at least 4 members (excludes halogenated alkanes) is 4. The Morgan fingerprint density at radius 1 is 0.898 bits per heavy atom. The highest BCUT2D eigenvalue weighted by Gasteiger charge is 2.39. The molecule has 3 aliphatic rings. The first-order valence-corrected chi connectivity index (χ1v) is 23.3. The summed E-state index contributed by atoms with van der Waals surface area (Å²) in [7, 11) is 2.42. The monoisotopic (exact) mass is 721 g/mol. The van der Waals surface area contributed by atoms with Crippen LogP contribution in [0.3, 0.4) is 0 Å². The van der Waals surface area contributed by atoms with Crippen LogP contribution in [0, 0.1) is 41.4 Å². The minimum Gasteiger partial charge on any atom is -0.175 e. The van der Waals surface area contributed by atoms with Crippen molar-refractivity contribution >= 4 is 21.9 Å². The lowest BCUT2D eigenvalue weighted by Gasteiger charge is -2.44. The Hall–Kier alpha value is -0.260. The van der Waals surface area contributed by atoms with Crippen molar-refractivity contribution in [2.45, 2.75) is 204 Å².